The first-order valence-corrected chi connectivity index (χ1v) is 7.55. The lowest BCUT2D eigenvalue weighted by Gasteiger charge is -2.32. The number of phenolic OH excluding ortho intramolecular Hbond substituents is 1. The number of carbonyl (C=O) groups is 1. The van der Waals surface area contributed by atoms with Gasteiger partial charge in [-0.1, -0.05) is 48.4 Å². The number of rotatable bonds is 1. The number of benzene rings is 1. The molecule has 1 aromatic rings. The average Bonchev–Trinajstić information content (AvgIpc) is 2.40. The van der Waals surface area contributed by atoms with E-state index in [-0.39, 0.29) is 17.1 Å². The highest BCUT2D eigenvalue weighted by molar-refractivity contribution is 9.10. The Balaban J connectivity index is 2.17. The summed E-state index contributed by atoms with van der Waals surface area (Å²) in [4.78, 5) is 14.2. The Labute approximate surface area is 128 Å². The first kappa shape index (κ1) is 15.1. The topological polar surface area (TPSA) is 40.5 Å². The Bertz CT molecular complexity index is 558. The van der Waals surface area contributed by atoms with Gasteiger partial charge >= 0.3 is 0 Å². The third-order valence-corrected chi connectivity index (χ3v) is 4.14. The third kappa shape index (κ3) is 3.23. The molecule has 3 nitrogen and oxygen atoms in total. The number of nitrogens with zero attached hydrogens (tertiary/aromatic N) is 1. The lowest BCUT2D eigenvalue weighted by Crippen LogP contribution is -2.36. The van der Waals surface area contributed by atoms with Crippen molar-refractivity contribution in [1.29, 1.82) is 0 Å². The van der Waals surface area contributed by atoms with Crippen molar-refractivity contribution >= 4 is 21.8 Å². The van der Waals surface area contributed by atoms with Crippen LogP contribution in [0.15, 0.2) is 34.3 Å². The second kappa shape index (κ2) is 5.60. The van der Waals surface area contributed by atoms with E-state index in [1.807, 2.05) is 0 Å². The minimum absolute atomic E-state index is 0.0313. The van der Waals surface area contributed by atoms with Crippen molar-refractivity contribution in [3.05, 3.63) is 39.9 Å². The van der Waals surface area contributed by atoms with Crippen LogP contribution in [-0.2, 0) is 0 Å². The maximum absolute atomic E-state index is 12.4. The molecule has 108 valence electrons. The molecule has 20 heavy (non-hydrogen) atoms. The van der Waals surface area contributed by atoms with Crippen molar-refractivity contribution in [3.8, 4) is 5.75 Å². The van der Waals surface area contributed by atoms with Crippen LogP contribution in [0.5, 0.6) is 5.75 Å². The van der Waals surface area contributed by atoms with Crippen molar-refractivity contribution < 1.29 is 9.90 Å². The molecule has 4 heteroatoms. The van der Waals surface area contributed by atoms with Gasteiger partial charge in [-0.15, -0.1) is 0 Å². The Morgan fingerprint density at radius 1 is 1.35 bits per heavy atom. The SMILES string of the molecule is CC(C)(C)C1=CCN(C(=O)c2cc(Br)ccc2O)CC1. The fourth-order valence-electron chi connectivity index (χ4n) is 2.38. The molecular weight excluding hydrogens is 318 g/mol. The van der Waals surface area contributed by atoms with Crippen molar-refractivity contribution in [2.24, 2.45) is 5.41 Å². The van der Waals surface area contributed by atoms with E-state index in [9.17, 15) is 9.90 Å². The van der Waals surface area contributed by atoms with Crippen molar-refractivity contribution in [2.45, 2.75) is 27.2 Å². The van der Waals surface area contributed by atoms with E-state index in [4.69, 9.17) is 0 Å². The van der Waals surface area contributed by atoms with Crippen LogP contribution >= 0.6 is 15.9 Å². The lowest BCUT2D eigenvalue weighted by atomic mass is 9.83. The average molecular weight is 338 g/mol. The molecule has 1 aliphatic heterocycles. The predicted octanol–water partition coefficient (Wildman–Crippen LogP) is 3.97. The first-order valence-electron chi connectivity index (χ1n) is 6.76. The zero-order chi connectivity index (χ0) is 14.9. The van der Waals surface area contributed by atoms with Gasteiger partial charge < -0.3 is 10.0 Å². The van der Waals surface area contributed by atoms with Gasteiger partial charge in [0.15, 0.2) is 0 Å². The smallest absolute Gasteiger partial charge is 0.257 e. The molecule has 1 N–H and O–H groups in total. The van der Waals surface area contributed by atoms with Gasteiger partial charge in [0.2, 0.25) is 0 Å². The van der Waals surface area contributed by atoms with E-state index in [2.05, 4.69) is 42.8 Å². The van der Waals surface area contributed by atoms with Crippen LogP contribution in [-0.4, -0.2) is 29.0 Å². The van der Waals surface area contributed by atoms with E-state index in [1.54, 1.807) is 17.0 Å². The van der Waals surface area contributed by atoms with Gasteiger partial charge in [0.1, 0.15) is 5.75 Å². The fraction of sp³-hybridized carbons (Fsp3) is 0.438. The monoisotopic (exact) mass is 337 g/mol. The number of hydrogen-bond acceptors (Lipinski definition) is 2. The molecule has 1 aromatic carbocycles. The van der Waals surface area contributed by atoms with Gasteiger partial charge in [-0.05, 0) is 30.0 Å². The normalized spacial score (nSPS) is 16.0. The zero-order valence-corrected chi connectivity index (χ0v) is 13.7. The molecule has 1 heterocycles. The van der Waals surface area contributed by atoms with Gasteiger partial charge in [0.25, 0.3) is 5.91 Å². The summed E-state index contributed by atoms with van der Waals surface area (Å²) in [5.74, 6) is -0.0863. The standard InChI is InChI=1S/C16H20BrNO2/c1-16(2,3)11-6-8-18(9-7-11)15(20)13-10-12(17)4-5-14(13)19/h4-6,10,19H,7-9H2,1-3H3. The minimum Gasteiger partial charge on any atom is -0.507 e. The first-order chi connectivity index (χ1) is 9.29. The maximum Gasteiger partial charge on any atom is 0.257 e. The van der Waals surface area contributed by atoms with Crippen LogP contribution in [0.1, 0.15) is 37.6 Å². The summed E-state index contributed by atoms with van der Waals surface area (Å²) >= 11 is 3.33. The summed E-state index contributed by atoms with van der Waals surface area (Å²) in [6.45, 7) is 7.88. The van der Waals surface area contributed by atoms with E-state index < -0.39 is 0 Å². The summed E-state index contributed by atoms with van der Waals surface area (Å²) in [6.07, 6.45) is 3.03. The second-order valence-corrected chi connectivity index (χ2v) is 7.06. The zero-order valence-electron chi connectivity index (χ0n) is 12.1. The molecule has 0 aliphatic carbocycles. The second-order valence-electron chi connectivity index (χ2n) is 6.14. The maximum atomic E-state index is 12.4. The highest BCUT2D eigenvalue weighted by Crippen LogP contribution is 2.31. The van der Waals surface area contributed by atoms with Gasteiger partial charge in [0, 0.05) is 17.6 Å². The molecule has 0 atom stereocenters. The molecular formula is C16H20BrNO2. The molecule has 1 amide bonds. The van der Waals surface area contributed by atoms with Gasteiger partial charge in [-0.2, -0.15) is 0 Å². The molecule has 0 spiro atoms. The predicted molar refractivity (Wildman–Crippen MR) is 83.9 cm³/mol. The number of hydrogen-bond donors (Lipinski definition) is 1. The van der Waals surface area contributed by atoms with Crippen LogP contribution in [0, 0.1) is 5.41 Å². The summed E-state index contributed by atoms with van der Waals surface area (Å²) in [5.41, 5.74) is 1.90. The molecule has 1 aliphatic rings. The van der Waals surface area contributed by atoms with Gasteiger partial charge in [0.05, 0.1) is 5.56 Å². The van der Waals surface area contributed by atoms with Crippen LogP contribution in [0.2, 0.25) is 0 Å². The molecule has 0 unspecified atom stereocenters. The Morgan fingerprint density at radius 3 is 2.60 bits per heavy atom. The number of phenols is 1. The minimum atomic E-state index is -0.118. The third-order valence-electron chi connectivity index (χ3n) is 3.65. The van der Waals surface area contributed by atoms with Crippen molar-refractivity contribution in [1.82, 2.24) is 4.90 Å². The van der Waals surface area contributed by atoms with Crippen LogP contribution < -0.4 is 0 Å². The highest BCUT2D eigenvalue weighted by atomic mass is 79.9. The van der Waals surface area contributed by atoms with Gasteiger partial charge in [-0.3, -0.25) is 4.79 Å². The van der Waals surface area contributed by atoms with Crippen LogP contribution in [0.25, 0.3) is 0 Å². The molecule has 0 fully saturated rings. The Kier molecular flexibility index (Phi) is 4.23. The fourth-order valence-corrected chi connectivity index (χ4v) is 2.75. The number of halogens is 1. The summed E-state index contributed by atoms with van der Waals surface area (Å²) in [5, 5.41) is 9.83. The van der Waals surface area contributed by atoms with Crippen molar-refractivity contribution in [2.75, 3.05) is 13.1 Å². The highest BCUT2D eigenvalue weighted by Gasteiger charge is 2.25. The lowest BCUT2D eigenvalue weighted by molar-refractivity contribution is 0.0762. The summed E-state index contributed by atoms with van der Waals surface area (Å²) in [7, 11) is 0. The summed E-state index contributed by atoms with van der Waals surface area (Å²) < 4.78 is 0.793. The van der Waals surface area contributed by atoms with Crippen molar-refractivity contribution in [3.63, 3.8) is 0 Å². The van der Waals surface area contributed by atoms with E-state index in [0.29, 0.717) is 18.7 Å². The molecule has 0 bridgehead atoms. The van der Waals surface area contributed by atoms with E-state index in [1.165, 1.54) is 11.6 Å². The molecule has 0 aromatic heterocycles. The number of carbonyl (C=O) groups excluding carboxylic acids is 1. The van der Waals surface area contributed by atoms with Crippen LogP contribution in [0.3, 0.4) is 0 Å². The Morgan fingerprint density at radius 2 is 2.05 bits per heavy atom. The van der Waals surface area contributed by atoms with Gasteiger partial charge in [-0.25, -0.2) is 0 Å². The van der Waals surface area contributed by atoms with E-state index >= 15 is 0 Å². The molecule has 0 saturated carbocycles. The number of aromatic hydroxyl groups is 1. The largest absolute Gasteiger partial charge is 0.507 e. The molecule has 2 rings (SSSR count). The quantitative estimate of drug-likeness (QED) is 0.787. The molecule has 0 radical (unpaired) electrons. The molecule has 0 saturated heterocycles. The van der Waals surface area contributed by atoms with Crippen LogP contribution in [0.4, 0.5) is 0 Å². The Hall–Kier alpha value is -1.29. The summed E-state index contributed by atoms with van der Waals surface area (Å²) in [6, 6.07) is 4.93. The van der Waals surface area contributed by atoms with E-state index in [0.717, 1.165) is 10.9 Å². The number of amides is 1.